The number of aliphatic hydroxyl groups excluding tert-OH is 2. The van der Waals surface area contributed by atoms with Crippen molar-refractivity contribution in [2.24, 2.45) is 11.8 Å². The van der Waals surface area contributed by atoms with Gasteiger partial charge >= 0.3 is 0 Å². The summed E-state index contributed by atoms with van der Waals surface area (Å²) in [5, 5.41) is 24.6. The molecule has 0 aromatic carbocycles. The van der Waals surface area contributed by atoms with Crippen LogP contribution in [0.4, 0.5) is 0 Å². The van der Waals surface area contributed by atoms with Crippen LogP contribution < -0.4 is 10.6 Å². The van der Waals surface area contributed by atoms with E-state index in [0.29, 0.717) is 5.92 Å². The van der Waals surface area contributed by atoms with Gasteiger partial charge in [0.2, 0.25) is 0 Å². The first kappa shape index (κ1) is 12.3. The van der Waals surface area contributed by atoms with Crippen LogP contribution in [0, 0.1) is 11.8 Å². The first-order valence-electron chi connectivity index (χ1n) is 6.57. The second-order valence-electron chi connectivity index (χ2n) is 5.32. The fraction of sp³-hybridized carbons (Fsp3) is 1.00. The van der Waals surface area contributed by atoms with Gasteiger partial charge in [0.25, 0.3) is 0 Å². The molecular formula is C12H24N2O2. The van der Waals surface area contributed by atoms with E-state index in [1.807, 2.05) is 0 Å². The van der Waals surface area contributed by atoms with Crippen molar-refractivity contribution < 1.29 is 10.2 Å². The molecule has 1 saturated carbocycles. The van der Waals surface area contributed by atoms with Crippen molar-refractivity contribution in [1.82, 2.24) is 10.6 Å². The van der Waals surface area contributed by atoms with E-state index in [4.69, 9.17) is 0 Å². The molecule has 3 atom stereocenters. The van der Waals surface area contributed by atoms with Crippen LogP contribution in [0.2, 0.25) is 0 Å². The number of hydrogen-bond acceptors (Lipinski definition) is 4. The first-order chi connectivity index (χ1) is 7.69. The van der Waals surface area contributed by atoms with Crippen LogP contribution in [-0.2, 0) is 0 Å². The van der Waals surface area contributed by atoms with Gasteiger partial charge in [0.05, 0.1) is 6.04 Å². The Kier molecular flexibility index (Phi) is 4.19. The van der Waals surface area contributed by atoms with Crippen LogP contribution in [0.15, 0.2) is 0 Å². The predicted molar refractivity (Wildman–Crippen MR) is 62.4 cm³/mol. The Hall–Kier alpha value is -0.160. The second-order valence-corrected chi connectivity index (χ2v) is 5.32. The molecule has 0 spiro atoms. The lowest BCUT2D eigenvalue weighted by Gasteiger charge is -2.30. The molecule has 1 saturated heterocycles. The summed E-state index contributed by atoms with van der Waals surface area (Å²) in [5.41, 5.74) is 0. The molecule has 3 unspecified atom stereocenters. The van der Waals surface area contributed by atoms with Gasteiger partial charge in [-0.15, -0.1) is 0 Å². The van der Waals surface area contributed by atoms with Gasteiger partial charge < -0.3 is 10.2 Å². The fourth-order valence-electron chi connectivity index (χ4n) is 3.05. The quantitative estimate of drug-likeness (QED) is 0.575. The minimum Gasteiger partial charge on any atom is -0.377 e. The summed E-state index contributed by atoms with van der Waals surface area (Å²) in [5.74, 6) is 1.63. The van der Waals surface area contributed by atoms with Gasteiger partial charge in [-0.05, 0) is 18.3 Å². The van der Waals surface area contributed by atoms with Crippen LogP contribution in [0.25, 0.3) is 0 Å². The number of rotatable bonds is 3. The van der Waals surface area contributed by atoms with Gasteiger partial charge in [-0.3, -0.25) is 10.6 Å². The Morgan fingerprint density at radius 1 is 1.00 bits per heavy atom. The molecule has 0 amide bonds. The predicted octanol–water partition coefficient (Wildman–Crippen LogP) is 0.749. The monoisotopic (exact) mass is 228 g/mol. The third kappa shape index (κ3) is 2.94. The molecule has 2 rings (SSSR count). The Labute approximate surface area is 97.4 Å². The van der Waals surface area contributed by atoms with Crippen LogP contribution in [0.5, 0.6) is 0 Å². The smallest absolute Gasteiger partial charge is 0.162 e. The van der Waals surface area contributed by atoms with Crippen molar-refractivity contribution in [3.8, 4) is 0 Å². The highest BCUT2D eigenvalue weighted by Gasteiger charge is 2.32. The molecule has 0 aromatic heterocycles. The highest BCUT2D eigenvalue weighted by atomic mass is 16.3. The van der Waals surface area contributed by atoms with Crippen molar-refractivity contribution >= 4 is 0 Å². The van der Waals surface area contributed by atoms with E-state index in [1.165, 1.54) is 32.1 Å². The standard InChI is InChI=1S/C12H24N2O2/c1-2-8-3-5-9(6-4-8)7-10-11(15)14-12(16)13-10/h8-16H,2-7H2,1H3. The average molecular weight is 228 g/mol. The van der Waals surface area contributed by atoms with Crippen LogP contribution in [0.3, 0.4) is 0 Å². The van der Waals surface area contributed by atoms with Gasteiger partial charge in [0.15, 0.2) is 6.35 Å². The summed E-state index contributed by atoms with van der Waals surface area (Å²) in [6.07, 6.45) is 6.16. The highest BCUT2D eigenvalue weighted by molar-refractivity contribution is 4.85. The first-order valence-corrected chi connectivity index (χ1v) is 6.57. The molecule has 2 aliphatic rings. The summed E-state index contributed by atoms with van der Waals surface area (Å²) in [6.45, 7) is 2.27. The van der Waals surface area contributed by atoms with Gasteiger partial charge in [0, 0.05) is 0 Å². The van der Waals surface area contributed by atoms with Crippen molar-refractivity contribution in [2.75, 3.05) is 0 Å². The fourth-order valence-corrected chi connectivity index (χ4v) is 3.05. The summed E-state index contributed by atoms with van der Waals surface area (Å²) >= 11 is 0. The summed E-state index contributed by atoms with van der Waals surface area (Å²) in [6, 6.07) is 0.0122. The zero-order chi connectivity index (χ0) is 11.5. The normalized spacial score (nSPS) is 44.8. The van der Waals surface area contributed by atoms with E-state index < -0.39 is 12.6 Å². The van der Waals surface area contributed by atoms with E-state index in [9.17, 15) is 10.2 Å². The van der Waals surface area contributed by atoms with Crippen molar-refractivity contribution in [3.05, 3.63) is 0 Å². The minimum atomic E-state index is -0.744. The van der Waals surface area contributed by atoms with E-state index in [-0.39, 0.29) is 6.04 Å². The molecule has 4 nitrogen and oxygen atoms in total. The zero-order valence-electron chi connectivity index (χ0n) is 10.0. The topological polar surface area (TPSA) is 64.5 Å². The van der Waals surface area contributed by atoms with Gasteiger partial charge in [-0.1, -0.05) is 39.0 Å². The Bertz CT molecular complexity index is 217. The lowest BCUT2D eigenvalue weighted by atomic mass is 9.78. The zero-order valence-corrected chi connectivity index (χ0v) is 10.0. The third-order valence-corrected chi connectivity index (χ3v) is 4.21. The van der Waals surface area contributed by atoms with Crippen molar-refractivity contribution in [3.63, 3.8) is 0 Å². The Balaban J connectivity index is 1.74. The van der Waals surface area contributed by atoms with E-state index >= 15 is 0 Å². The van der Waals surface area contributed by atoms with Gasteiger partial charge in [0.1, 0.15) is 6.23 Å². The number of nitrogens with one attached hydrogen (secondary N) is 2. The summed E-state index contributed by atoms with van der Waals surface area (Å²) in [4.78, 5) is 0. The van der Waals surface area contributed by atoms with Crippen LogP contribution >= 0.6 is 0 Å². The SMILES string of the molecule is CCC1CCC(CC2NC(O)NC2O)CC1. The summed E-state index contributed by atoms with van der Waals surface area (Å²) < 4.78 is 0. The maximum atomic E-state index is 9.65. The third-order valence-electron chi connectivity index (χ3n) is 4.21. The molecule has 0 bridgehead atoms. The molecule has 94 valence electrons. The van der Waals surface area contributed by atoms with Gasteiger partial charge in [-0.2, -0.15) is 0 Å². The minimum absolute atomic E-state index is 0.0122. The van der Waals surface area contributed by atoms with Crippen LogP contribution in [-0.4, -0.2) is 28.8 Å². The molecule has 0 aromatic rings. The largest absolute Gasteiger partial charge is 0.377 e. The molecule has 1 aliphatic heterocycles. The maximum Gasteiger partial charge on any atom is 0.162 e. The lowest BCUT2D eigenvalue weighted by Crippen LogP contribution is -2.35. The lowest BCUT2D eigenvalue weighted by molar-refractivity contribution is 0.0877. The van der Waals surface area contributed by atoms with E-state index in [0.717, 1.165) is 12.3 Å². The Morgan fingerprint density at radius 3 is 2.12 bits per heavy atom. The van der Waals surface area contributed by atoms with E-state index in [1.54, 1.807) is 0 Å². The average Bonchev–Trinajstić information content (AvgIpc) is 2.59. The molecule has 16 heavy (non-hydrogen) atoms. The molecule has 1 aliphatic carbocycles. The van der Waals surface area contributed by atoms with E-state index in [2.05, 4.69) is 17.6 Å². The number of hydrogen-bond donors (Lipinski definition) is 4. The second kappa shape index (κ2) is 5.45. The number of aliphatic hydroxyl groups is 2. The maximum absolute atomic E-state index is 9.65. The van der Waals surface area contributed by atoms with Crippen LogP contribution in [0.1, 0.15) is 45.4 Å². The van der Waals surface area contributed by atoms with Crippen molar-refractivity contribution in [2.45, 2.75) is 64.1 Å². The van der Waals surface area contributed by atoms with Gasteiger partial charge in [-0.25, -0.2) is 0 Å². The molecular weight excluding hydrogens is 204 g/mol. The Morgan fingerprint density at radius 2 is 1.62 bits per heavy atom. The molecule has 4 N–H and O–H groups in total. The van der Waals surface area contributed by atoms with Crippen molar-refractivity contribution in [1.29, 1.82) is 0 Å². The molecule has 2 fully saturated rings. The molecule has 1 heterocycles. The molecule has 0 radical (unpaired) electrons. The molecule has 4 heteroatoms. The highest BCUT2D eigenvalue weighted by Crippen LogP contribution is 2.33. The summed E-state index contributed by atoms with van der Waals surface area (Å²) in [7, 11) is 0.